The van der Waals surface area contributed by atoms with Crippen molar-refractivity contribution in [2.75, 3.05) is 5.32 Å². The molecule has 0 saturated heterocycles. The van der Waals surface area contributed by atoms with Crippen LogP contribution in [0.1, 0.15) is 46.8 Å². The minimum absolute atomic E-state index is 0.0752. The van der Waals surface area contributed by atoms with Crippen molar-refractivity contribution < 1.29 is 14.7 Å². The van der Waals surface area contributed by atoms with Gasteiger partial charge in [0.25, 0.3) is 5.91 Å². The van der Waals surface area contributed by atoms with E-state index in [0.717, 1.165) is 24.1 Å². The molecule has 1 aromatic heterocycles. The molecule has 1 aliphatic rings. The Kier molecular flexibility index (Phi) is 4.14. The van der Waals surface area contributed by atoms with Gasteiger partial charge in [-0.1, -0.05) is 12.1 Å². The molecule has 120 valence electrons. The molecule has 2 aromatic rings. The minimum Gasteiger partial charge on any atom is -0.481 e. The molecule has 0 radical (unpaired) electrons. The molecule has 0 aliphatic heterocycles. The molecule has 1 saturated carbocycles. The molecule has 1 amide bonds. The van der Waals surface area contributed by atoms with Crippen LogP contribution in [0.5, 0.6) is 0 Å². The summed E-state index contributed by atoms with van der Waals surface area (Å²) in [5, 5.41) is 15.8. The molecule has 1 heterocycles. The molecule has 0 spiro atoms. The third kappa shape index (κ3) is 3.59. The van der Waals surface area contributed by atoms with E-state index in [4.69, 9.17) is 5.11 Å². The van der Waals surface area contributed by atoms with E-state index in [1.807, 2.05) is 25.2 Å². The lowest BCUT2D eigenvalue weighted by Crippen LogP contribution is -2.14. The van der Waals surface area contributed by atoms with Gasteiger partial charge in [0.2, 0.25) is 0 Å². The van der Waals surface area contributed by atoms with Crippen molar-refractivity contribution >= 4 is 17.6 Å². The van der Waals surface area contributed by atoms with Crippen LogP contribution in [0.25, 0.3) is 0 Å². The van der Waals surface area contributed by atoms with Gasteiger partial charge < -0.3 is 10.4 Å². The Labute approximate surface area is 134 Å². The summed E-state index contributed by atoms with van der Waals surface area (Å²) < 4.78 is 1.77. The first kappa shape index (κ1) is 15.3. The maximum Gasteiger partial charge on any atom is 0.303 e. The summed E-state index contributed by atoms with van der Waals surface area (Å²) in [6, 6.07) is 7.29. The van der Waals surface area contributed by atoms with E-state index in [9.17, 15) is 9.59 Å². The van der Waals surface area contributed by atoms with Gasteiger partial charge in [0.15, 0.2) is 0 Å². The quantitative estimate of drug-likeness (QED) is 0.858. The Hall–Kier alpha value is -2.63. The molecular formula is C17H19N3O3. The first-order valence-electron chi connectivity index (χ1n) is 7.68. The van der Waals surface area contributed by atoms with Crippen molar-refractivity contribution in [1.82, 2.24) is 9.78 Å². The number of carbonyl (C=O) groups is 2. The fourth-order valence-electron chi connectivity index (χ4n) is 2.72. The van der Waals surface area contributed by atoms with Gasteiger partial charge in [0.1, 0.15) is 0 Å². The number of hydrogen-bond donors (Lipinski definition) is 2. The highest BCUT2D eigenvalue weighted by atomic mass is 16.4. The summed E-state index contributed by atoms with van der Waals surface area (Å²) in [5.41, 5.74) is 3.16. The Morgan fingerprint density at radius 3 is 2.87 bits per heavy atom. The lowest BCUT2D eigenvalue weighted by Gasteiger charge is -2.08. The van der Waals surface area contributed by atoms with Gasteiger partial charge >= 0.3 is 5.97 Å². The monoisotopic (exact) mass is 313 g/mol. The number of carboxylic acids is 1. The number of anilines is 1. The highest BCUT2D eigenvalue weighted by Gasteiger charge is 2.31. The molecule has 6 heteroatoms. The van der Waals surface area contributed by atoms with Gasteiger partial charge in [0.05, 0.1) is 17.5 Å². The average Bonchev–Trinajstić information content (AvgIpc) is 3.27. The summed E-state index contributed by atoms with van der Waals surface area (Å²) in [5.74, 6) is -0.565. The van der Waals surface area contributed by atoms with Crippen LogP contribution in [0.3, 0.4) is 0 Å². The number of nitrogens with zero attached hydrogens (tertiary/aromatic N) is 2. The standard InChI is InChI=1S/C17H19N3O3/c1-20-16(12-6-7-12)14(10-18-20)17(23)19-13-4-2-3-11(9-13)5-8-15(21)22/h2-4,9-10,12H,5-8H2,1H3,(H,19,23)(H,21,22). The fourth-order valence-corrected chi connectivity index (χ4v) is 2.72. The summed E-state index contributed by atoms with van der Waals surface area (Å²) >= 11 is 0. The van der Waals surface area contributed by atoms with E-state index in [1.54, 1.807) is 16.9 Å². The van der Waals surface area contributed by atoms with Crippen LogP contribution in [0, 0.1) is 0 Å². The lowest BCUT2D eigenvalue weighted by atomic mass is 10.1. The maximum absolute atomic E-state index is 12.5. The van der Waals surface area contributed by atoms with Crippen LogP contribution >= 0.6 is 0 Å². The lowest BCUT2D eigenvalue weighted by molar-refractivity contribution is -0.136. The minimum atomic E-state index is -0.830. The van der Waals surface area contributed by atoms with E-state index >= 15 is 0 Å². The molecule has 1 fully saturated rings. The van der Waals surface area contributed by atoms with Crippen LogP contribution in [-0.4, -0.2) is 26.8 Å². The summed E-state index contributed by atoms with van der Waals surface area (Å²) in [7, 11) is 1.86. The number of aliphatic carboxylic acids is 1. The second-order valence-electron chi connectivity index (χ2n) is 5.89. The number of rotatable bonds is 6. The number of nitrogens with one attached hydrogen (secondary N) is 1. The molecule has 3 rings (SSSR count). The predicted octanol–water partition coefficient (Wildman–Crippen LogP) is 2.57. The summed E-state index contributed by atoms with van der Waals surface area (Å²) in [4.78, 5) is 23.2. The molecule has 1 aliphatic carbocycles. The van der Waals surface area contributed by atoms with Crippen LogP contribution in [0.2, 0.25) is 0 Å². The number of benzene rings is 1. The van der Waals surface area contributed by atoms with Gasteiger partial charge in [-0.25, -0.2) is 0 Å². The maximum atomic E-state index is 12.5. The van der Waals surface area contributed by atoms with Crippen LogP contribution in [0.4, 0.5) is 5.69 Å². The molecular weight excluding hydrogens is 294 g/mol. The number of aryl methyl sites for hydroxylation is 2. The van der Waals surface area contributed by atoms with Crippen molar-refractivity contribution in [2.24, 2.45) is 7.05 Å². The first-order valence-corrected chi connectivity index (χ1v) is 7.68. The fraction of sp³-hybridized carbons (Fsp3) is 0.353. The first-order chi connectivity index (χ1) is 11.0. The number of hydrogen-bond acceptors (Lipinski definition) is 3. The van der Waals surface area contributed by atoms with Gasteiger partial charge in [-0.15, -0.1) is 0 Å². The van der Waals surface area contributed by atoms with E-state index < -0.39 is 5.97 Å². The second-order valence-corrected chi connectivity index (χ2v) is 5.89. The number of carbonyl (C=O) groups excluding carboxylic acids is 1. The molecule has 6 nitrogen and oxygen atoms in total. The van der Waals surface area contributed by atoms with E-state index in [2.05, 4.69) is 10.4 Å². The zero-order valence-corrected chi connectivity index (χ0v) is 13.0. The van der Waals surface area contributed by atoms with Crippen molar-refractivity contribution in [3.63, 3.8) is 0 Å². The normalized spacial score (nSPS) is 13.8. The van der Waals surface area contributed by atoms with Crippen LogP contribution in [-0.2, 0) is 18.3 Å². The smallest absolute Gasteiger partial charge is 0.303 e. The van der Waals surface area contributed by atoms with Gasteiger partial charge in [-0.05, 0) is 37.0 Å². The Morgan fingerprint density at radius 1 is 1.39 bits per heavy atom. The molecule has 0 unspecified atom stereocenters. The Morgan fingerprint density at radius 2 is 2.17 bits per heavy atom. The van der Waals surface area contributed by atoms with Gasteiger partial charge in [0, 0.05) is 25.1 Å². The summed E-state index contributed by atoms with van der Waals surface area (Å²) in [6.45, 7) is 0. The van der Waals surface area contributed by atoms with Crippen LogP contribution in [0.15, 0.2) is 30.5 Å². The average molecular weight is 313 g/mol. The van der Waals surface area contributed by atoms with Crippen LogP contribution < -0.4 is 5.32 Å². The van der Waals surface area contributed by atoms with Gasteiger partial charge in [-0.3, -0.25) is 14.3 Å². The zero-order valence-electron chi connectivity index (χ0n) is 13.0. The van der Waals surface area contributed by atoms with Crippen molar-refractivity contribution in [2.45, 2.75) is 31.6 Å². The Bertz CT molecular complexity index is 747. The Balaban J connectivity index is 1.73. The largest absolute Gasteiger partial charge is 0.481 e. The van der Waals surface area contributed by atoms with E-state index in [-0.39, 0.29) is 12.3 Å². The molecule has 23 heavy (non-hydrogen) atoms. The number of aromatic nitrogens is 2. The number of carboxylic acid groups (broad SMARTS) is 1. The number of amides is 1. The zero-order chi connectivity index (χ0) is 16.4. The third-order valence-electron chi connectivity index (χ3n) is 4.01. The van der Waals surface area contributed by atoms with Crippen molar-refractivity contribution in [3.8, 4) is 0 Å². The molecule has 1 aromatic carbocycles. The predicted molar refractivity (Wildman–Crippen MR) is 85.5 cm³/mol. The van der Waals surface area contributed by atoms with Gasteiger partial charge in [-0.2, -0.15) is 5.10 Å². The summed E-state index contributed by atoms with van der Waals surface area (Å²) in [6.07, 6.45) is 4.33. The van der Waals surface area contributed by atoms with E-state index in [0.29, 0.717) is 23.6 Å². The third-order valence-corrected chi connectivity index (χ3v) is 4.01. The highest BCUT2D eigenvalue weighted by molar-refractivity contribution is 6.05. The molecule has 2 N–H and O–H groups in total. The molecule has 0 bridgehead atoms. The topological polar surface area (TPSA) is 84.2 Å². The molecule has 0 atom stereocenters. The highest BCUT2D eigenvalue weighted by Crippen LogP contribution is 2.41. The van der Waals surface area contributed by atoms with Crippen molar-refractivity contribution in [1.29, 1.82) is 0 Å². The van der Waals surface area contributed by atoms with Crippen molar-refractivity contribution in [3.05, 3.63) is 47.3 Å². The SMILES string of the molecule is Cn1ncc(C(=O)Nc2cccc(CCC(=O)O)c2)c1C1CC1. The van der Waals surface area contributed by atoms with E-state index in [1.165, 1.54) is 0 Å². The second kappa shape index (κ2) is 6.24.